The third kappa shape index (κ3) is 5.56. The summed E-state index contributed by atoms with van der Waals surface area (Å²) in [6.07, 6.45) is 11.2. The summed E-state index contributed by atoms with van der Waals surface area (Å²) in [4.78, 5) is 0. The third-order valence-electron chi connectivity index (χ3n) is 6.07. The number of hydrogen-bond acceptors (Lipinski definition) is 2. The fourth-order valence-corrected chi connectivity index (χ4v) is 4.17. The molecule has 0 amide bonds. The number of methoxy groups -OCH3 is 2. The largest absolute Gasteiger partial charge is 0.382 e. The molecule has 1 aliphatic carbocycles. The molecule has 2 heteroatoms. The van der Waals surface area contributed by atoms with Crippen LogP contribution in [0.5, 0.6) is 0 Å². The van der Waals surface area contributed by atoms with Crippen molar-refractivity contribution >= 4 is 0 Å². The molecular formula is C19H38O2. The highest BCUT2D eigenvalue weighted by atomic mass is 16.5. The average molecular weight is 299 g/mol. The SMILES string of the molecule is CCCC(CCC(C)OC)C(C)(C)C1CCC(OC)CC1. The van der Waals surface area contributed by atoms with Crippen molar-refractivity contribution in [3.63, 3.8) is 0 Å². The second kappa shape index (κ2) is 9.15. The van der Waals surface area contributed by atoms with Gasteiger partial charge in [-0.05, 0) is 62.7 Å². The number of rotatable bonds is 9. The van der Waals surface area contributed by atoms with Crippen LogP contribution in [-0.4, -0.2) is 26.4 Å². The summed E-state index contributed by atoms with van der Waals surface area (Å²) in [5.74, 6) is 1.68. The van der Waals surface area contributed by atoms with Gasteiger partial charge >= 0.3 is 0 Å². The van der Waals surface area contributed by atoms with Crippen LogP contribution in [0.4, 0.5) is 0 Å². The Labute approximate surface area is 133 Å². The number of ether oxygens (including phenoxy) is 2. The fraction of sp³-hybridized carbons (Fsp3) is 1.00. The topological polar surface area (TPSA) is 18.5 Å². The molecule has 2 unspecified atom stereocenters. The Bertz CT molecular complexity index is 267. The minimum atomic E-state index is 0.393. The minimum Gasteiger partial charge on any atom is -0.382 e. The zero-order valence-electron chi connectivity index (χ0n) is 15.3. The molecule has 0 aromatic heterocycles. The summed E-state index contributed by atoms with van der Waals surface area (Å²) in [5.41, 5.74) is 0.447. The molecule has 0 bridgehead atoms. The van der Waals surface area contributed by atoms with E-state index in [2.05, 4.69) is 27.7 Å². The van der Waals surface area contributed by atoms with Gasteiger partial charge in [-0.2, -0.15) is 0 Å². The summed E-state index contributed by atoms with van der Waals surface area (Å²) in [7, 11) is 3.69. The van der Waals surface area contributed by atoms with Crippen molar-refractivity contribution < 1.29 is 9.47 Å². The van der Waals surface area contributed by atoms with Crippen molar-refractivity contribution in [2.75, 3.05) is 14.2 Å². The molecular weight excluding hydrogens is 260 g/mol. The van der Waals surface area contributed by atoms with Crippen molar-refractivity contribution in [3.05, 3.63) is 0 Å². The van der Waals surface area contributed by atoms with E-state index in [9.17, 15) is 0 Å². The monoisotopic (exact) mass is 298 g/mol. The van der Waals surface area contributed by atoms with Crippen LogP contribution in [0.1, 0.15) is 79.1 Å². The quantitative estimate of drug-likeness (QED) is 0.563. The summed E-state index contributed by atoms with van der Waals surface area (Å²) in [5, 5.41) is 0. The lowest BCUT2D eigenvalue weighted by molar-refractivity contribution is 0.00379. The minimum absolute atomic E-state index is 0.393. The smallest absolute Gasteiger partial charge is 0.0571 e. The van der Waals surface area contributed by atoms with Crippen LogP contribution in [0.15, 0.2) is 0 Å². The average Bonchev–Trinajstić information content (AvgIpc) is 2.50. The first-order valence-electron chi connectivity index (χ1n) is 9.01. The predicted molar refractivity (Wildman–Crippen MR) is 90.6 cm³/mol. The van der Waals surface area contributed by atoms with Gasteiger partial charge in [0.25, 0.3) is 0 Å². The van der Waals surface area contributed by atoms with Crippen LogP contribution < -0.4 is 0 Å². The lowest BCUT2D eigenvalue weighted by atomic mass is 9.62. The Hall–Kier alpha value is -0.0800. The van der Waals surface area contributed by atoms with Crippen LogP contribution in [-0.2, 0) is 9.47 Å². The van der Waals surface area contributed by atoms with Gasteiger partial charge in [-0.15, -0.1) is 0 Å². The van der Waals surface area contributed by atoms with E-state index in [4.69, 9.17) is 9.47 Å². The molecule has 1 rings (SSSR count). The zero-order valence-corrected chi connectivity index (χ0v) is 15.3. The first-order valence-corrected chi connectivity index (χ1v) is 9.01. The highest BCUT2D eigenvalue weighted by Gasteiger charge is 2.38. The maximum atomic E-state index is 5.54. The van der Waals surface area contributed by atoms with E-state index < -0.39 is 0 Å². The van der Waals surface area contributed by atoms with Crippen molar-refractivity contribution in [2.45, 2.75) is 91.3 Å². The van der Waals surface area contributed by atoms with Crippen molar-refractivity contribution in [1.82, 2.24) is 0 Å². The molecule has 2 nitrogen and oxygen atoms in total. The number of hydrogen-bond donors (Lipinski definition) is 0. The Balaban J connectivity index is 2.61. The van der Waals surface area contributed by atoms with Gasteiger partial charge in [-0.25, -0.2) is 0 Å². The van der Waals surface area contributed by atoms with E-state index in [1.807, 2.05) is 14.2 Å². The van der Waals surface area contributed by atoms with Gasteiger partial charge in [0.1, 0.15) is 0 Å². The molecule has 0 radical (unpaired) electrons. The van der Waals surface area contributed by atoms with Gasteiger partial charge in [-0.1, -0.05) is 33.6 Å². The van der Waals surface area contributed by atoms with Gasteiger partial charge in [0.05, 0.1) is 12.2 Å². The lowest BCUT2D eigenvalue weighted by Crippen LogP contribution is -2.36. The molecule has 126 valence electrons. The van der Waals surface area contributed by atoms with Gasteiger partial charge in [-0.3, -0.25) is 0 Å². The van der Waals surface area contributed by atoms with Gasteiger partial charge < -0.3 is 9.47 Å². The van der Waals surface area contributed by atoms with E-state index >= 15 is 0 Å². The maximum Gasteiger partial charge on any atom is 0.0571 e. The van der Waals surface area contributed by atoms with Crippen molar-refractivity contribution in [2.24, 2.45) is 17.3 Å². The Morgan fingerprint density at radius 1 is 1.00 bits per heavy atom. The van der Waals surface area contributed by atoms with Gasteiger partial charge in [0.15, 0.2) is 0 Å². The molecule has 0 aromatic rings. The normalized spacial score (nSPS) is 26.6. The van der Waals surface area contributed by atoms with E-state index in [1.165, 1.54) is 51.4 Å². The molecule has 0 spiro atoms. The molecule has 0 saturated heterocycles. The van der Waals surface area contributed by atoms with E-state index in [1.54, 1.807) is 0 Å². The Kier molecular flexibility index (Phi) is 8.26. The second-order valence-electron chi connectivity index (χ2n) is 7.64. The van der Waals surface area contributed by atoms with Crippen LogP contribution >= 0.6 is 0 Å². The van der Waals surface area contributed by atoms with Crippen LogP contribution in [0.2, 0.25) is 0 Å². The van der Waals surface area contributed by atoms with Crippen molar-refractivity contribution in [3.8, 4) is 0 Å². The van der Waals surface area contributed by atoms with E-state index in [-0.39, 0.29) is 0 Å². The maximum absolute atomic E-state index is 5.54. The summed E-state index contributed by atoms with van der Waals surface area (Å²) in [6, 6.07) is 0. The third-order valence-corrected chi connectivity index (χ3v) is 6.07. The molecule has 0 aliphatic heterocycles. The van der Waals surface area contributed by atoms with Crippen LogP contribution in [0, 0.1) is 17.3 Å². The molecule has 0 aromatic carbocycles. The zero-order chi connectivity index (χ0) is 15.9. The Morgan fingerprint density at radius 2 is 1.62 bits per heavy atom. The second-order valence-corrected chi connectivity index (χ2v) is 7.64. The van der Waals surface area contributed by atoms with Gasteiger partial charge in [0.2, 0.25) is 0 Å². The molecule has 2 atom stereocenters. The highest BCUT2D eigenvalue weighted by Crippen LogP contribution is 2.47. The predicted octanol–water partition coefficient (Wildman–Crippen LogP) is 5.45. The molecule has 1 saturated carbocycles. The standard InChI is InChI=1S/C19H38O2/c1-7-8-16(10-9-15(2)20-5)19(3,4)17-11-13-18(21-6)14-12-17/h15-18H,7-14H2,1-6H3. The summed E-state index contributed by atoms with van der Waals surface area (Å²) >= 11 is 0. The highest BCUT2D eigenvalue weighted by molar-refractivity contribution is 4.88. The molecule has 1 fully saturated rings. The first-order chi connectivity index (χ1) is 9.95. The summed E-state index contributed by atoms with van der Waals surface area (Å²) < 4.78 is 11.0. The molecule has 0 heterocycles. The molecule has 0 N–H and O–H groups in total. The van der Waals surface area contributed by atoms with Crippen LogP contribution in [0.25, 0.3) is 0 Å². The van der Waals surface area contributed by atoms with Crippen molar-refractivity contribution in [1.29, 1.82) is 0 Å². The molecule has 21 heavy (non-hydrogen) atoms. The van der Waals surface area contributed by atoms with E-state index in [0.717, 1.165) is 11.8 Å². The van der Waals surface area contributed by atoms with E-state index in [0.29, 0.717) is 17.6 Å². The summed E-state index contributed by atoms with van der Waals surface area (Å²) in [6.45, 7) is 9.55. The first kappa shape index (κ1) is 19.0. The van der Waals surface area contributed by atoms with Gasteiger partial charge in [0, 0.05) is 14.2 Å². The fourth-order valence-electron chi connectivity index (χ4n) is 4.17. The van der Waals surface area contributed by atoms with Crippen LogP contribution in [0.3, 0.4) is 0 Å². The molecule has 1 aliphatic rings. The lowest BCUT2D eigenvalue weighted by Gasteiger charge is -2.44. The Morgan fingerprint density at radius 3 is 2.10 bits per heavy atom.